The van der Waals surface area contributed by atoms with Crippen LogP contribution in [0.5, 0.6) is 0 Å². The SMILES string of the molecule is Br.CC1CC1.Cc1cc(C)c(-n2ccnc2)c(C)c1. The van der Waals surface area contributed by atoms with E-state index in [4.69, 9.17) is 0 Å². The fourth-order valence-corrected chi connectivity index (χ4v) is 2.14. The summed E-state index contributed by atoms with van der Waals surface area (Å²) in [5, 5.41) is 0. The number of hydrogen-bond acceptors (Lipinski definition) is 1. The normalized spacial score (nSPS) is 13.3. The molecule has 0 unspecified atom stereocenters. The molecule has 0 saturated heterocycles. The smallest absolute Gasteiger partial charge is 0.0991 e. The molecule has 0 spiro atoms. The number of hydrogen-bond donors (Lipinski definition) is 0. The summed E-state index contributed by atoms with van der Waals surface area (Å²) in [5.74, 6) is 1.08. The third-order valence-corrected chi connectivity index (χ3v) is 3.26. The second-order valence-electron chi connectivity index (χ2n) is 5.40. The van der Waals surface area contributed by atoms with Crippen molar-refractivity contribution in [1.82, 2.24) is 9.55 Å². The van der Waals surface area contributed by atoms with Gasteiger partial charge in [0.05, 0.1) is 12.0 Å². The first-order chi connectivity index (χ1) is 8.58. The Morgan fingerprint density at radius 1 is 1.11 bits per heavy atom. The maximum Gasteiger partial charge on any atom is 0.0991 e. The van der Waals surface area contributed by atoms with E-state index in [1.807, 2.05) is 12.5 Å². The number of rotatable bonds is 1. The number of imidazole rings is 1. The van der Waals surface area contributed by atoms with Crippen LogP contribution >= 0.6 is 17.0 Å². The molecule has 19 heavy (non-hydrogen) atoms. The van der Waals surface area contributed by atoms with Crippen molar-refractivity contribution in [3.63, 3.8) is 0 Å². The van der Waals surface area contributed by atoms with Crippen LogP contribution in [0.2, 0.25) is 0 Å². The van der Waals surface area contributed by atoms with Crippen LogP contribution in [0.4, 0.5) is 0 Å². The van der Waals surface area contributed by atoms with Crippen molar-refractivity contribution in [3.8, 4) is 5.69 Å². The minimum absolute atomic E-state index is 0. The number of benzene rings is 1. The molecule has 3 heteroatoms. The van der Waals surface area contributed by atoms with Crippen molar-refractivity contribution < 1.29 is 0 Å². The number of aromatic nitrogens is 2. The van der Waals surface area contributed by atoms with Crippen molar-refractivity contribution >= 4 is 17.0 Å². The van der Waals surface area contributed by atoms with Gasteiger partial charge in [0.15, 0.2) is 0 Å². The first-order valence-corrected chi connectivity index (χ1v) is 6.64. The van der Waals surface area contributed by atoms with Crippen molar-refractivity contribution in [3.05, 3.63) is 47.5 Å². The van der Waals surface area contributed by atoms with Gasteiger partial charge in [-0.3, -0.25) is 0 Å². The van der Waals surface area contributed by atoms with E-state index >= 15 is 0 Å². The highest BCUT2D eigenvalue weighted by atomic mass is 79.9. The molecule has 3 rings (SSSR count). The van der Waals surface area contributed by atoms with Crippen LogP contribution in [0.1, 0.15) is 36.5 Å². The fourth-order valence-electron chi connectivity index (χ4n) is 2.14. The first kappa shape index (κ1) is 16.0. The van der Waals surface area contributed by atoms with Gasteiger partial charge in [-0.25, -0.2) is 4.98 Å². The van der Waals surface area contributed by atoms with E-state index in [0.29, 0.717) is 0 Å². The standard InChI is InChI=1S/C12H14N2.C4H8.BrH/c1-9-6-10(2)12(11(3)7-9)14-5-4-13-8-14;1-4-2-3-4;/h4-8H,1-3H3;4H,2-3H2,1H3;1H. The molecule has 2 aromatic rings. The van der Waals surface area contributed by atoms with E-state index in [1.165, 1.54) is 35.2 Å². The van der Waals surface area contributed by atoms with Gasteiger partial charge in [0, 0.05) is 12.4 Å². The van der Waals surface area contributed by atoms with Gasteiger partial charge >= 0.3 is 0 Å². The van der Waals surface area contributed by atoms with Gasteiger partial charge in [0.1, 0.15) is 0 Å². The second-order valence-corrected chi connectivity index (χ2v) is 5.40. The molecule has 0 N–H and O–H groups in total. The summed E-state index contributed by atoms with van der Waals surface area (Å²) in [6.45, 7) is 8.67. The lowest BCUT2D eigenvalue weighted by Crippen LogP contribution is -1.98. The van der Waals surface area contributed by atoms with Gasteiger partial charge in [0.2, 0.25) is 0 Å². The highest BCUT2D eigenvalue weighted by Crippen LogP contribution is 2.26. The van der Waals surface area contributed by atoms with Gasteiger partial charge in [-0.2, -0.15) is 0 Å². The van der Waals surface area contributed by atoms with Crippen molar-refractivity contribution in [2.75, 3.05) is 0 Å². The van der Waals surface area contributed by atoms with Crippen LogP contribution in [0.15, 0.2) is 30.9 Å². The summed E-state index contributed by atoms with van der Waals surface area (Å²) in [6, 6.07) is 4.39. The number of aryl methyl sites for hydroxylation is 3. The van der Waals surface area contributed by atoms with E-state index < -0.39 is 0 Å². The molecule has 2 nitrogen and oxygen atoms in total. The molecule has 0 radical (unpaired) electrons. The molecule has 1 aromatic heterocycles. The Hall–Kier alpha value is -1.09. The molecule has 104 valence electrons. The van der Waals surface area contributed by atoms with Crippen LogP contribution in [-0.2, 0) is 0 Å². The second kappa shape index (κ2) is 6.90. The molecule has 0 amide bonds. The minimum atomic E-state index is 0. The van der Waals surface area contributed by atoms with Crippen LogP contribution < -0.4 is 0 Å². The van der Waals surface area contributed by atoms with Crippen molar-refractivity contribution in [1.29, 1.82) is 0 Å². The summed E-state index contributed by atoms with van der Waals surface area (Å²) in [6.07, 6.45) is 8.59. The average Bonchev–Trinajstić information content (AvgIpc) is 2.90. The van der Waals surface area contributed by atoms with Crippen molar-refractivity contribution in [2.24, 2.45) is 5.92 Å². The number of nitrogens with zero attached hydrogens (tertiary/aromatic N) is 2. The van der Waals surface area contributed by atoms with Crippen LogP contribution in [-0.4, -0.2) is 9.55 Å². The Morgan fingerprint density at radius 2 is 1.63 bits per heavy atom. The summed E-state index contributed by atoms with van der Waals surface area (Å²) < 4.78 is 2.06. The highest BCUT2D eigenvalue weighted by Gasteiger charge is 2.12. The Kier molecular flexibility index (Phi) is 5.80. The van der Waals surface area contributed by atoms with Crippen LogP contribution in [0.3, 0.4) is 0 Å². The molecular formula is C16H23BrN2. The molecule has 0 atom stereocenters. The van der Waals surface area contributed by atoms with Gasteiger partial charge in [-0.05, 0) is 37.8 Å². The monoisotopic (exact) mass is 322 g/mol. The zero-order valence-corrected chi connectivity index (χ0v) is 13.9. The first-order valence-electron chi connectivity index (χ1n) is 6.64. The summed E-state index contributed by atoms with van der Waals surface area (Å²) >= 11 is 0. The van der Waals surface area contributed by atoms with Crippen molar-refractivity contribution in [2.45, 2.75) is 40.5 Å². The quantitative estimate of drug-likeness (QED) is 0.738. The largest absolute Gasteiger partial charge is 0.306 e. The van der Waals surface area contributed by atoms with Gasteiger partial charge in [-0.1, -0.05) is 37.5 Å². The molecule has 1 aliphatic carbocycles. The van der Waals surface area contributed by atoms with E-state index in [0.717, 1.165) is 5.92 Å². The molecule has 0 bridgehead atoms. The maximum absolute atomic E-state index is 4.07. The van der Waals surface area contributed by atoms with Crippen LogP contribution in [0.25, 0.3) is 5.69 Å². The highest BCUT2D eigenvalue weighted by molar-refractivity contribution is 8.93. The zero-order valence-electron chi connectivity index (χ0n) is 12.2. The Bertz CT molecular complexity index is 491. The lowest BCUT2D eigenvalue weighted by Gasteiger charge is -2.11. The van der Waals surface area contributed by atoms with Crippen LogP contribution in [0, 0.1) is 26.7 Å². The Balaban J connectivity index is 0.000000310. The lowest BCUT2D eigenvalue weighted by atomic mass is 10.1. The molecule has 1 fully saturated rings. The fraction of sp³-hybridized carbons (Fsp3) is 0.438. The molecule has 1 aliphatic rings. The maximum atomic E-state index is 4.07. The van der Waals surface area contributed by atoms with E-state index in [-0.39, 0.29) is 17.0 Å². The Morgan fingerprint density at radius 3 is 2.00 bits per heavy atom. The molecule has 1 heterocycles. The van der Waals surface area contributed by atoms with Gasteiger partial charge in [0.25, 0.3) is 0 Å². The summed E-state index contributed by atoms with van der Waals surface area (Å²) in [4.78, 5) is 4.07. The van der Waals surface area contributed by atoms with E-state index in [2.05, 4.69) is 49.4 Å². The topological polar surface area (TPSA) is 17.8 Å². The van der Waals surface area contributed by atoms with Gasteiger partial charge in [-0.15, -0.1) is 17.0 Å². The third-order valence-electron chi connectivity index (χ3n) is 3.26. The molecule has 0 aliphatic heterocycles. The molecule has 1 saturated carbocycles. The summed E-state index contributed by atoms with van der Waals surface area (Å²) in [5.41, 5.74) is 5.14. The predicted octanol–water partition coefficient (Wildman–Crippen LogP) is 4.79. The average molecular weight is 323 g/mol. The number of halogens is 1. The van der Waals surface area contributed by atoms with E-state index in [1.54, 1.807) is 6.20 Å². The Labute approximate surface area is 126 Å². The van der Waals surface area contributed by atoms with Gasteiger partial charge < -0.3 is 4.57 Å². The third kappa shape index (κ3) is 4.50. The molecular weight excluding hydrogens is 300 g/mol. The van der Waals surface area contributed by atoms with E-state index in [9.17, 15) is 0 Å². The molecule has 1 aromatic carbocycles. The zero-order chi connectivity index (χ0) is 13.1. The lowest BCUT2D eigenvalue weighted by molar-refractivity contribution is 0.983. The summed E-state index contributed by atoms with van der Waals surface area (Å²) in [7, 11) is 0. The predicted molar refractivity (Wildman–Crippen MR) is 86.5 cm³/mol. The minimum Gasteiger partial charge on any atom is -0.306 e.